The van der Waals surface area contributed by atoms with Crippen LogP contribution < -0.4 is 10.2 Å². The normalized spacial score (nSPS) is 12.6. The van der Waals surface area contributed by atoms with Crippen molar-refractivity contribution >= 4 is 33.2 Å². The molecular weight excluding hydrogens is 410 g/mol. The standard InChI is InChI=1S/C21H28ClN3O3S/c1-5-25(6-2)29(27,28)20-14-17(12-13-19(20)22)21(26)23-15-16(3)24(4)18-10-8-7-9-11-18/h7-14,16H,5-6,15H2,1-4H3,(H,23,26). The summed E-state index contributed by atoms with van der Waals surface area (Å²) in [6.45, 7) is 6.59. The lowest BCUT2D eigenvalue weighted by Crippen LogP contribution is -2.40. The fraction of sp³-hybridized carbons (Fsp3) is 0.381. The summed E-state index contributed by atoms with van der Waals surface area (Å²) in [6.07, 6.45) is 0. The highest BCUT2D eigenvalue weighted by Crippen LogP contribution is 2.26. The molecule has 2 aromatic rings. The van der Waals surface area contributed by atoms with Crippen LogP contribution in [0.25, 0.3) is 0 Å². The fourth-order valence-corrected chi connectivity index (χ4v) is 4.90. The highest BCUT2D eigenvalue weighted by molar-refractivity contribution is 7.89. The maximum atomic E-state index is 12.8. The zero-order valence-electron chi connectivity index (χ0n) is 17.2. The fourth-order valence-electron chi connectivity index (χ4n) is 2.94. The zero-order valence-corrected chi connectivity index (χ0v) is 18.8. The van der Waals surface area contributed by atoms with E-state index in [0.717, 1.165) is 5.69 Å². The summed E-state index contributed by atoms with van der Waals surface area (Å²) in [7, 11) is -1.79. The average Bonchev–Trinajstić information content (AvgIpc) is 2.72. The molecule has 0 aliphatic rings. The van der Waals surface area contributed by atoms with Crippen LogP contribution in [0.4, 0.5) is 5.69 Å². The van der Waals surface area contributed by atoms with Gasteiger partial charge in [-0.3, -0.25) is 4.79 Å². The van der Waals surface area contributed by atoms with Gasteiger partial charge in [-0.2, -0.15) is 4.31 Å². The first-order valence-electron chi connectivity index (χ1n) is 9.58. The lowest BCUT2D eigenvalue weighted by molar-refractivity contribution is 0.0951. The van der Waals surface area contributed by atoms with E-state index in [1.807, 2.05) is 44.3 Å². The van der Waals surface area contributed by atoms with Crippen molar-refractivity contribution in [1.29, 1.82) is 0 Å². The molecule has 6 nitrogen and oxygen atoms in total. The quantitative estimate of drug-likeness (QED) is 0.650. The molecule has 1 N–H and O–H groups in total. The Bertz CT molecular complexity index is 931. The molecule has 1 unspecified atom stereocenters. The molecule has 29 heavy (non-hydrogen) atoms. The molecule has 2 aromatic carbocycles. The maximum absolute atomic E-state index is 12.8. The third kappa shape index (κ3) is 5.50. The van der Waals surface area contributed by atoms with Crippen molar-refractivity contribution in [2.75, 3.05) is 31.6 Å². The van der Waals surface area contributed by atoms with Gasteiger partial charge in [-0.05, 0) is 37.3 Å². The summed E-state index contributed by atoms with van der Waals surface area (Å²) < 4.78 is 26.9. The van der Waals surface area contributed by atoms with Gasteiger partial charge in [0, 0.05) is 44.0 Å². The van der Waals surface area contributed by atoms with Gasteiger partial charge in [0.1, 0.15) is 4.90 Å². The van der Waals surface area contributed by atoms with Crippen molar-refractivity contribution in [2.45, 2.75) is 31.7 Å². The molecule has 1 amide bonds. The van der Waals surface area contributed by atoms with Crippen LogP contribution in [0.3, 0.4) is 0 Å². The lowest BCUT2D eigenvalue weighted by atomic mass is 10.2. The molecule has 0 aliphatic heterocycles. The summed E-state index contributed by atoms with van der Waals surface area (Å²) in [5, 5.41) is 2.98. The summed E-state index contributed by atoms with van der Waals surface area (Å²) >= 11 is 6.14. The number of amides is 1. The second-order valence-corrected chi connectivity index (χ2v) is 9.05. The molecule has 8 heteroatoms. The van der Waals surface area contributed by atoms with E-state index in [1.165, 1.54) is 22.5 Å². The minimum atomic E-state index is -3.76. The molecule has 1 atom stereocenters. The number of sulfonamides is 1. The molecule has 0 saturated carbocycles. The number of hydrogen-bond acceptors (Lipinski definition) is 4. The summed E-state index contributed by atoms with van der Waals surface area (Å²) in [5.41, 5.74) is 1.31. The smallest absolute Gasteiger partial charge is 0.251 e. The molecule has 0 radical (unpaired) electrons. The van der Waals surface area contributed by atoms with Crippen molar-refractivity contribution < 1.29 is 13.2 Å². The van der Waals surface area contributed by atoms with E-state index in [-0.39, 0.29) is 27.4 Å². The predicted molar refractivity (Wildman–Crippen MR) is 118 cm³/mol. The van der Waals surface area contributed by atoms with Gasteiger partial charge in [-0.25, -0.2) is 8.42 Å². The van der Waals surface area contributed by atoms with E-state index in [1.54, 1.807) is 13.8 Å². The maximum Gasteiger partial charge on any atom is 0.251 e. The molecule has 0 bridgehead atoms. The van der Waals surface area contributed by atoms with Crippen molar-refractivity contribution in [2.24, 2.45) is 0 Å². The topological polar surface area (TPSA) is 69.7 Å². The van der Waals surface area contributed by atoms with Crippen LogP contribution in [0.1, 0.15) is 31.1 Å². The van der Waals surface area contributed by atoms with Gasteiger partial charge in [0.25, 0.3) is 5.91 Å². The van der Waals surface area contributed by atoms with Gasteiger partial charge >= 0.3 is 0 Å². The highest BCUT2D eigenvalue weighted by Gasteiger charge is 2.25. The van der Waals surface area contributed by atoms with Gasteiger partial charge < -0.3 is 10.2 Å². The van der Waals surface area contributed by atoms with Crippen LogP contribution in [0.2, 0.25) is 5.02 Å². The van der Waals surface area contributed by atoms with Crippen LogP contribution in [0.15, 0.2) is 53.4 Å². The summed E-state index contributed by atoms with van der Waals surface area (Å²) in [4.78, 5) is 14.6. The number of anilines is 1. The predicted octanol–water partition coefficient (Wildman–Crippen LogP) is 3.63. The SMILES string of the molecule is CCN(CC)S(=O)(=O)c1cc(C(=O)NCC(C)N(C)c2ccccc2)ccc1Cl. The van der Waals surface area contributed by atoms with Crippen LogP contribution in [0, 0.1) is 0 Å². The van der Waals surface area contributed by atoms with Gasteiger partial charge in [0.15, 0.2) is 0 Å². The number of halogens is 1. The Morgan fingerprint density at radius 2 is 1.72 bits per heavy atom. The van der Waals surface area contributed by atoms with Gasteiger partial charge in [-0.15, -0.1) is 0 Å². The monoisotopic (exact) mass is 437 g/mol. The summed E-state index contributed by atoms with van der Waals surface area (Å²) in [5.74, 6) is -0.342. The lowest BCUT2D eigenvalue weighted by Gasteiger charge is -2.27. The molecule has 2 rings (SSSR count). The van der Waals surface area contributed by atoms with E-state index in [0.29, 0.717) is 19.6 Å². The van der Waals surface area contributed by atoms with Crippen LogP contribution in [-0.4, -0.2) is 51.4 Å². The third-order valence-electron chi connectivity index (χ3n) is 4.90. The molecule has 0 spiro atoms. The first kappa shape index (κ1) is 23.2. The number of carbonyl (C=O) groups is 1. The third-order valence-corrected chi connectivity index (χ3v) is 7.43. The van der Waals surface area contributed by atoms with E-state index in [9.17, 15) is 13.2 Å². The molecule has 0 aliphatic carbocycles. The molecule has 0 saturated heterocycles. The Hall–Kier alpha value is -2.09. The van der Waals surface area contributed by atoms with Crippen LogP contribution in [-0.2, 0) is 10.0 Å². The Balaban J connectivity index is 2.14. The van der Waals surface area contributed by atoms with Gasteiger partial charge in [0.05, 0.1) is 5.02 Å². The van der Waals surface area contributed by atoms with Crippen LogP contribution >= 0.6 is 11.6 Å². The number of para-hydroxylation sites is 1. The van der Waals surface area contributed by atoms with Crippen molar-refractivity contribution in [3.8, 4) is 0 Å². The number of nitrogens with one attached hydrogen (secondary N) is 1. The second-order valence-electron chi connectivity index (χ2n) is 6.74. The minimum Gasteiger partial charge on any atom is -0.370 e. The number of nitrogens with zero attached hydrogens (tertiary/aromatic N) is 2. The molecule has 0 aromatic heterocycles. The van der Waals surface area contributed by atoms with Crippen molar-refractivity contribution in [3.63, 3.8) is 0 Å². The Morgan fingerprint density at radius 1 is 1.10 bits per heavy atom. The van der Waals surface area contributed by atoms with Gasteiger partial charge in [0.2, 0.25) is 10.0 Å². The number of carbonyl (C=O) groups excluding carboxylic acids is 1. The zero-order chi connectivity index (χ0) is 21.6. The van der Waals surface area contributed by atoms with Crippen molar-refractivity contribution in [1.82, 2.24) is 9.62 Å². The molecule has 0 fully saturated rings. The number of likely N-dealkylation sites (N-methyl/N-ethyl adjacent to an activating group) is 1. The minimum absolute atomic E-state index is 0.0486. The molecule has 0 heterocycles. The highest BCUT2D eigenvalue weighted by atomic mass is 35.5. The number of rotatable bonds is 9. The molecular formula is C21H28ClN3O3S. The van der Waals surface area contributed by atoms with E-state index < -0.39 is 10.0 Å². The number of benzene rings is 2. The average molecular weight is 438 g/mol. The summed E-state index contributed by atoms with van der Waals surface area (Å²) in [6, 6.07) is 14.3. The van der Waals surface area contributed by atoms with E-state index in [4.69, 9.17) is 11.6 Å². The van der Waals surface area contributed by atoms with E-state index in [2.05, 4.69) is 10.2 Å². The molecule has 158 valence electrons. The number of hydrogen-bond donors (Lipinski definition) is 1. The Labute approximate surface area is 178 Å². The second kappa shape index (κ2) is 10.1. The van der Waals surface area contributed by atoms with Crippen molar-refractivity contribution in [3.05, 3.63) is 59.1 Å². The van der Waals surface area contributed by atoms with Gasteiger partial charge in [-0.1, -0.05) is 43.6 Å². The largest absolute Gasteiger partial charge is 0.370 e. The first-order valence-corrected chi connectivity index (χ1v) is 11.4. The Morgan fingerprint density at radius 3 is 2.31 bits per heavy atom. The van der Waals surface area contributed by atoms with Crippen LogP contribution in [0.5, 0.6) is 0 Å². The first-order chi connectivity index (χ1) is 13.7. The Kier molecular flexibility index (Phi) is 8.07. The van der Waals surface area contributed by atoms with E-state index >= 15 is 0 Å².